The summed E-state index contributed by atoms with van der Waals surface area (Å²) in [5, 5.41) is 19.7. The molecule has 1 rings (SSSR count). The first-order valence-corrected chi connectivity index (χ1v) is 5.44. The van der Waals surface area contributed by atoms with Gasteiger partial charge in [-0.15, -0.1) is 4.33 Å². The van der Waals surface area contributed by atoms with Crippen molar-refractivity contribution in [1.82, 2.24) is 0 Å². The van der Waals surface area contributed by atoms with E-state index < -0.39 is 41.3 Å². The molecule has 0 saturated carbocycles. The molecule has 10 heteroatoms. The molecule has 2 unspecified atom stereocenters. The van der Waals surface area contributed by atoms with Crippen molar-refractivity contribution < 1.29 is 41.9 Å². The van der Waals surface area contributed by atoms with Crippen molar-refractivity contribution in [2.75, 3.05) is 6.61 Å². The Morgan fingerprint density at radius 3 is 2.56 bits per heavy atom. The fourth-order valence-electron chi connectivity index (χ4n) is 1.12. The second-order valence-corrected chi connectivity index (χ2v) is 4.01. The number of ether oxygens (including phenoxy) is 1. The SMILES string of the molecule is O=C([O-])C1C[C@H](O)C(OOS(=O)(=O)[O-])CO1. The number of hydrogen-bond acceptors (Lipinski definition) is 9. The Morgan fingerprint density at radius 2 is 2.12 bits per heavy atom. The lowest BCUT2D eigenvalue weighted by Crippen LogP contribution is -2.49. The summed E-state index contributed by atoms with van der Waals surface area (Å²) in [4.78, 5) is 14.5. The smallest absolute Gasteiger partial charge is 0.245 e. The highest BCUT2D eigenvalue weighted by molar-refractivity contribution is 7.80. The molecule has 0 aromatic carbocycles. The summed E-state index contributed by atoms with van der Waals surface area (Å²) >= 11 is 0. The first kappa shape index (κ1) is 13.3. The number of carbonyl (C=O) groups is 1. The van der Waals surface area contributed by atoms with Gasteiger partial charge >= 0.3 is 0 Å². The number of aliphatic hydroxyl groups excluding tert-OH is 1. The maximum absolute atomic E-state index is 10.4. The number of rotatable bonds is 4. The van der Waals surface area contributed by atoms with Crippen molar-refractivity contribution in [2.45, 2.75) is 24.7 Å². The topological polar surface area (TPSA) is 145 Å². The Morgan fingerprint density at radius 1 is 1.50 bits per heavy atom. The minimum atomic E-state index is -5.04. The summed E-state index contributed by atoms with van der Waals surface area (Å²) in [5.41, 5.74) is 0. The predicted molar refractivity (Wildman–Crippen MR) is 41.0 cm³/mol. The first-order valence-electron chi connectivity index (χ1n) is 4.11. The quantitative estimate of drug-likeness (QED) is 0.236. The molecule has 3 atom stereocenters. The number of aliphatic hydroxyl groups is 1. The zero-order valence-corrected chi connectivity index (χ0v) is 8.58. The molecular formula is C6H8O9S-2. The van der Waals surface area contributed by atoms with Crippen LogP contribution in [0.1, 0.15) is 6.42 Å². The average Bonchev–Trinajstić information content (AvgIpc) is 2.14. The van der Waals surface area contributed by atoms with Crippen LogP contribution in [0.3, 0.4) is 0 Å². The summed E-state index contributed by atoms with van der Waals surface area (Å²) in [6, 6.07) is 0. The van der Waals surface area contributed by atoms with E-state index in [9.17, 15) is 28.0 Å². The molecule has 0 amide bonds. The van der Waals surface area contributed by atoms with Crippen molar-refractivity contribution in [3.05, 3.63) is 0 Å². The first-order chi connectivity index (χ1) is 7.29. The molecular weight excluding hydrogens is 248 g/mol. The van der Waals surface area contributed by atoms with Crippen LogP contribution in [0, 0.1) is 0 Å². The number of carboxylic acid groups (broad SMARTS) is 1. The van der Waals surface area contributed by atoms with Gasteiger partial charge in [0, 0.05) is 6.42 Å². The second kappa shape index (κ2) is 5.03. The van der Waals surface area contributed by atoms with Crippen molar-refractivity contribution >= 4 is 16.4 Å². The van der Waals surface area contributed by atoms with Gasteiger partial charge in [-0.1, -0.05) is 0 Å². The van der Waals surface area contributed by atoms with E-state index in [4.69, 9.17) is 0 Å². The Bertz CT molecular complexity index is 349. The molecule has 16 heavy (non-hydrogen) atoms. The van der Waals surface area contributed by atoms with Gasteiger partial charge in [0.25, 0.3) is 0 Å². The van der Waals surface area contributed by atoms with Gasteiger partial charge in [-0.2, -0.15) is 0 Å². The van der Waals surface area contributed by atoms with Gasteiger partial charge in [0.15, 0.2) is 0 Å². The summed E-state index contributed by atoms with van der Waals surface area (Å²) < 4.78 is 38.2. The van der Waals surface area contributed by atoms with E-state index in [0.717, 1.165) is 0 Å². The molecule has 1 aliphatic heterocycles. The number of carbonyl (C=O) groups excluding carboxylic acids is 1. The van der Waals surface area contributed by atoms with Gasteiger partial charge in [-0.25, -0.2) is 13.3 Å². The van der Waals surface area contributed by atoms with Crippen LogP contribution in [-0.4, -0.2) is 49.0 Å². The van der Waals surface area contributed by atoms with E-state index in [-0.39, 0.29) is 6.42 Å². The molecule has 1 saturated heterocycles. The van der Waals surface area contributed by atoms with Gasteiger partial charge < -0.3 is 24.3 Å². The summed E-state index contributed by atoms with van der Waals surface area (Å²) in [6.07, 6.45) is -4.24. The highest BCUT2D eigenvalue weighted by Crippen LogP contribution is 2.17. The fourth-order valence-corrected chi connectivity index (χ4v) is 1.31. The van der Waals surface area contributed by atoms with Crippen LogP contribution in [0.4, 0.5) is 0 Å². The summed E-state index contributed by atoms with van der Waals surface area (Å²) in [5.74, 6) is -1.50. The highest BCUT2D eigenvalue weighted by Gasteiger charge is 2.32. The molecule has 94 valence electrons. The Hall–Kier alpha value is -0.780. The molecule has 1 fully saturated rings. The fraction of sp³-hybridized carbons (Fsp3) is 0.833. The van der Waals surface area contributed by atoms with Gasteiger partial charge in [-0.3, -0.25) is 0 Å². The van der Waals surface area contributed by atoms with Crippen molar-refractivity contribution in [1.29, 1.82) is 0 Å². The molecule has 9 nitrogen and oxygen atoms in total. The molecule has 0 bridgehead atoms. The molecule has 0 aromatic rings. The highest BCUT2D eigenvalue weighted by atomic mass is 32.3. The van der Waals surface area contributed by atoms with Gasteiger partial charge in [0.05, 0.1) is 24.8 Å². The predicted octanol–water partition coefficient (Wildman–Crippen LogP) is -3.34. The van der Waals surface area contributed by atoms with Crippen LogP contribution in [0.5, 0.6) is 0 Å². The van der Waals surface area contributed by atoms with E-state index >= 15 is 0 Å². The van der Waals surface area contributed by atoms with E-state index in [1.807, 2.05) is 0 Å². The summed E-state index contributed by atoms with van der Waals surface area (Å²) in [7, 11) is -5.04. The maximum Gasteiger partial charge on any atom is 0.245 e. The van der Waals surface area contributed by atoms with Gasteiger partial charge in [0.2, 0.25) is 10.4 Å². The van der Waals surface area contributed by atoms with E-state index in [0.29, 0.717) is 0 Å². The third-order valence-corrected chi connectivity index (χ3v) is 2.10. The lowest BCUT2D eigenvalue weighted by molar-refractivity contribution is -0.331. The zero-order valence-electron chi connectivity index (χ0n) is 7.77. The van der Waals surface area contributed by atoms with Crippen LogP contribution in [0.25, 0.3) is 0 Å². The third-order valence-electron chi connectivity index (χ3n) is 1.86. The minimum Gasteiger partial charge on any atom is -0.724 e. The lowest BCUT2D eigenvalue weighted by Gasteiger charge is -2.32. The Labute approximate surface area is 90.4 Å². The van der Waals surface area contributed by atoms with E-state index in [2.05, 4.69) is 14.0 Å². The molecule has 1 N–H and O–H groups in total. The second-order valence-electron chi connectivity index (χ2n) is 3.06. The van der Waals surface area contributed by atoms with Crippen LogP contribution in [0.15, 0.2) is 0 Å². The number of hydrogen-bond donors (Lipinski definition) is 1. The van der Waals surface area contributed by atoms with Gasteiger partial charge in [0.1, 0.15) is 6.10 Å². The van der Waals surface area contributed by atoms with Gasteiger partial charge in [-0.05, 0) is 0 Å². The molecule has 0 spiro atoms. The minimum absolute atomic E-state index is 0.352. The largest absolute Gasteiger partial charge is 0.724 e. The average molecular weight is 256 g/mol. The zero-order chi connectivity index (χ0) is 12.3. The standard InChI is InChI=1S/C6H10O9S/c7-3-1-4(6(8)9)13-2-5(3)14-15-16(10,11)12/h3-5,7H,1-2H2,(H,8,9)(H,10,11,12)/p-2/t3-,4?,5?/m0/s1. The van der Waals surface area contributed by atoms with Crippen molar-refractivity contribution in [2.24, 2.45) is 0 Å². The molecule has 1 heterocycles. The summed E-state index contributed by atoms with van der Waals surface area (Å²) in [6.45, 7) is -0.435. The normalized spacial score (nSPS) is 31.2. The Balaban J connectivity index is 2.45. The van der Waals surface area contributed by atoms with Crippen LogP contribution >= 0.6 is 0 Å². The lowest BCUT2D eigenvalue weighted by atomic mass is 10.0. The Kier molecular flexibility index (Phi) is 4.18. The maximum atomic E-state index is 10.4. The van der Waals surface area contributed by atoms with E-state index in [1.165, 1.54) is 0 Å². The third kappa shape index (κ3) is 4.00. The number of carboxylic acids is 1. The number of aliphatic carboxylic acids is 1. The van der Waals surface area contributed by atoms with Crippen LogP contribution in [-0.2, 0) is 29.2 Å². The molecule has 1 aliphatic rings. The van der Waals surface area contributed by atoms with Crippen molar-refractivity contribution in [3.8, 4) is 0 Å². The molecule has 0 aromatic heterocycles. The van der Waals surface area contributed by atoms with Crippen LogP contribution < -0.4 is 5.11 Å². The van der Waals surface area contributed by atoms with Crippen molar-refractivity contribution in [3.63, 3.8) is 0 Å². The monoisotopic (exact) mass is 256 g/mol. The van der Waals surface area contributed by atoms with E-state index in [1.54, 1.807) is 0 Å². The molecule has 0 aliphatic carbocycles. The molecule has 0 radical (unpaired) electrons. The van der Waals surface area contributed by atoms with Crippen LogP contribution in [0.2, 0.25) is 0 Å².